The topological polar surface area (TPSA) is 0 Å². The molecular formula is C29H40ClF3. The van der Waals surface area contributed by atoms with Gasteiger partial charge in [0.2, 0.25) is 0 Å². The third kappa shape index (κ3) is 7.03. The number of allylic oxidation sites excluding steroid dienone is 1. The van der Waals surface area contributed by atoms with Crippen molar-refractivity contribution in [3.8, 4) is 0 Å². The van der Waals surface area contributed by atoms with Crippen LogP contribution in [0.3, 0.4) is 0 Å². The first-order valence-corrected chi connectivity index (χ1v) is 13.8. The molecule has 0 unspecified atom stereocenters. The Balaban J connectivity index is 1.13. The number of hydrogen-bond donors (Lipinski definition) is 0. The Morgan fingerprint density at radius 2 is 1.18 bits per heavy atom. The zero-order chi connectivity index (χ0) is 23.3. The standard InChI is InChI=1S/C29H40ClF3/c30-20-19-23-7-13-25(14-8-23)24-9-3-21(4-10-24)1-2-22-5-11-26(12-6-22)27-15-17-28(18-16-27)29(31,32)33/h15-26H,1-14H2. The monoisotopic (exact) mass is 480 g/mol. The number of rotatable bonds is 6. The summed E-state index contributed by atoms with van der Waals surface area (Å²) in [4.78, 5) is 0. The van der Waals surface area contributed by atoms with E-state index >= 15 is 0 Å². The highest BCUT2D eigenvalue weighted by molar-refractivity contribution is 6.25. The van der Waals surface area contributed by atoms with Crippen LogP contribution in [0.1, 0.15) is 107 Å². The van der Waals surface area contributed by atoms with Gasteiger partial charge in [0.25, 0.3) is 0 Å². The molecule has 0 nitrogen and oxygen atoms in total. The molecule has 33 heavy (non-hydrogen) atoms. The van der Waals surface area contributed by atoms with Crippen LogP contribution in [0, 0.1) is 29.6 Å². The summed E-state index contributed by atoms with van der Waals surface area (Å²) in [5, 5.41) is 0. The van der Waals surface area contributed by atoms with Crippen LogP contribution in [0.4, 0.5) is 13.2 Å². The molecule has 4 heteroatoms. The van der Waals surface area contributed by atoms with E-state index in [9.17, 15) is 13.2 Å². The molecule has 1 aromatic carbocycles. The smallest absolute Gasteiger partial charge is 0.166 e. The second-order valence-electron chi connectivity index (χ2n) is 11.2. The molecule has 3 aliphatic carbocycles. The van der Waals surface area contributed by atoms with Crippen LogP contribution in [-0.4, -0.2) is 0 Å². The lowest BCUT2D eigenvalue weighted by Gasteiger charge is -2.38. The average molecular weight is 481 g/mol. The maximum atomic E-state index is 12.8. The Bertz CT molecular complexity index is 729. The Hall–Kier alpha value is -0.960. The van der Waals surface area contributed by atoms with E-state index in [1.54, 1.807) is 17.7 Å². The van der Waals surface area contributed by atoms with Gasteiger partial charge in [-0.1, -0.05) is 55.5 Å². The van der Waals surface area contributed by atoms with Crippen molar-refractivity contribution in [1.29, 1.82) is 0 Å². The normalized spacial score (nSPS) is 33.9. The van der Waals surface area contributed by atoms with Crippen molar-refractivity contribution >= 4 is 11.6 Å². The van der Waals surface area contributed by atoms with E-state index < -0.39 is 11.7 Å². The summed E-state index contributed by atoms with van der Waals surface area (Å²) in [7, 11) is 0. The van der Waals surface area contributed by atoms with Crippen molar-refractivity contribution in [2.45, 2.75) is 102 Å². The summed E-state index contributed by atoms with van der Waals surface area (Å²) in [5.41, 5.74) is 2.26. The van der Waals surface area contributed by atoms with Crippen LogP contribution in [0.5, 0.6) is 0 Å². The van der Waals surface area contributed by atoms with Crippen molar-refractivity contribution < 1.29 is 13.2 Å². The predicted molar refractivity (Wildman–Crippen MR) is 131 cm³/mol. The van der Waals surface area contributed by atoms with Gasteiger partial charge in [0, 0.05) is 5.54 Å². The molecule has 0 saturated heterocycles. The number of halogens is 4. The van der Waals surface area contributed by atoms with Crippen molar-refractivity contribution in [2.24, 2.45) is 29.6 Å². The lowest BCUT2D eigenvalue weighted by Crippen LogP contribution is -2.25. The molecule has 0 spiro atoms. The van der Waals surface area contributed by atoms with E-state index in [4.69, 9.17) is 11.6 Å². The molecule has 0 aromatic heterocycles. The Kier molecular flexibility index (Phi) is 8.87. The fourth-order valence-electron chi connectivity index (χ4n) is 7.06. The first-order valence-electron chi connectivity index (χ1n) is 13.4. The van der Waals surface area contributed by atoms with E-state index in [2.05, 4.69) is 6.08 Å². The van der Waals surface area contributed by atoms with Crippen LogP contribution in [0.2, 0.25) is 0 Å². The molecule has 0 amide bonds. The molecule has 3 aliphatic rings. The molecule has 0 heterocycles. The summed E-state index contributed by atoms with van der Waals surface area (Å²) in [6, 6.07) is 5.90. The van der Waals surface area contributed by atoms with Gasteiger partial charge in [-0.3, -0.25) is 0 Å². The molecule has 0 radical (unpaired) electrons. The molecule has 1 aromatic rings. The fraction of sp³-hybridized carbons (Fsp3) is 0.724. The first-order chi connectivity index (χ1) is 15.9. The summed E-state index contributed by atoms with van der Waals surface area (Å²) in [5.74, 6) is 4.80. The summed E-state index contributed by atoms with van der Waals surface area (Å²) in [6.45, 7) is 0. The number of alkyl halides is 3. The minimum absolute atomic E-state index is 0.439. The van der Waals surface area contributed by atoms with E-state index in [0.717, 1.165) is 42.1 Å². The zero-order valence-electron chi connectivity index (χ0n) is 19.8. The predicted octanol–water partition coefficient (Wildman–Crippen LogP) is 10.1. The zero-order valence-corrected chi connectivity index (χ0v) is 20.6. The lowest BCUT2D eigenvalue weighted by molar-refractivity contribution is -0.137. The summed E-state index contributed by atoms with van der Waals surface area (Å²) in [6.07, 6.45) is 16.6. The molecule has 0 bridgehead atoms. The van der Waals surface area contributed by atoms with Crippen LogP contribution in [-0.2, 0) is 6.18 Å². The highest BCUT2D eigenvalue weighted by Gasteiger charge is 2.32. The van der Waals surface area contributed by atoms with Crippen molar-refractivity contribution in [3.05, 3.63) is 47.0 Å². The average Bonchev–Trinajstić information content (AvgIpc) is 2.84. The molecule has 0 aliphatic heterocycles. The van der Waals surface area contributed by atoms with Crippen LogP contribution in [0.25, 0.3) is 0 Å². The number of benzene rings is 1. The Morgan fingerprint density at radius 1 is 0.697 bits per heavy atom. The van der Waals surface area contributed by atoms with Crippen LogP contribution in [0.15, 0.2) is 35.9 Å². The third-order valence-electron chi connectivity index (χ3n) is 9.26. The third-order valence-corrected chi connectivity index (χ3v) is 9.40. The second kappa shape index (κ2) is 11.6. The van der Waals surface area contributed by atoms with Crippen LogP contribution < -0.4 is 0 Å². The van der Waals surface area contributed by atoms with E-state index in [1.807, 2.05) is 0 Å². The van der Waals surface area contributed by atoms with Gasteiger partial charge in [-0.15, -0.1) is 0 Å². The Labute approximate surface area is 203 Å². The van der Waals surface area contributed by atoms with E-state index in [-0.39, 0.29) is 0 Å². The highest BCUT2D eigenvalue weighted by atomic mass is 35.5. The molecule has 0 N–H and O–H groups in total. The minimum Gasteiger partial charge on any atom is -0.166 e. The lowest BCUT2D eigenvalue weighted by atomic mass is 9.68. The maximum absolute atomic E-state index is 12.8. The molecule has 3 saturated carbocycles. The van der Waals surface area contributed by atoms with Crippen LogP contribution >= 0.6 is 11.6 Å². The summed E-state index contributed by atoms with van der Waals surface area (Å²) < 4.78 is 38.4. The molecule has 4 rings (SSSR count). The molecular weight excluding hydrogens is 441 g/mol. The maximum Gasteiger partial charge on any atom is 0.416 e. The van der Waals surface area contributed by atoms with Crippen molar-refractivity contribution in [3.63, 3.8) is 0 Å². The first kappa shape index (κ1) is 25.1. The summed E-state index contributed by atoms with van der Waals surface area (Å²) >= 11 is 5.76. The van der Waals surface area contributed by atoms with Gasteiger partial charge < -0.3 is 0 Å². The van der Waals surface area contributed by atoms with Gasteiger partial charge in [0.05, 0.1) is 5.56 Å². The van der Waals surface area contributed by atoms with Gasteiger partial charge in [-0.2, -0.15) is 13.2 Å². The van der Waals surface area contributed by atoms with E-state index in [1.165, 1.54) is 89.2 Å². The second-order valence-corrected chi connectivity index (χ2v) is 11.4. The molecule has 184 valence electrons. The SMILES string of the molecule is FC(F)(F)c1ccc(C2CCC(CCC3CCC(C4CCC(C=CCl)CC4)CC3)CC2)cc1. The molecule has 3 fully saturated rings. The largest absolute Gasteiger partial charge is 0.416 e. The molecule has 0 atom stereocenters. The fourth-order valence-corrected chi connectivity index (χ4v) is 7.27. The van der Waals surface area contributed by atoms with Crippen molar-refractivity contribution in [2.75, 3.05) is 0 Å². The Morgan fingerprint density at radius 3 is 1.67 bits per heavy atom. The highest BCUT2D eigenvalue weighted by Crippen LogP contribution is 2.44. The number of hydrogen-bond acceptors (Lipinski definition) is 0. The minimum atomic E-state index is -4.24. The van der Waals surface area contributed by atoms with Gasteiger partial charge in [0.1, 0.15) is 0 Å². The van der Waals surface area contributed by atoms with Gasteiger partial charge in [-0.05, 0) is 117 Å². The quantitative estimate of drug-likeness (QED) is 0.379. The van der Waals surface area contributed by atoms with Gasteiger partial charge >= 0.3 is 6.18 Å². The van der Waals surface area contributed by atoms with Gasteiger partial charge in [0.15, 0.2) is 0 Å². The van der Waals surface area contributed by atoms with Gasteiger partial charge in [-0.25, -0.2) is 0 Å². The van der Waals surface area contributed by atoms with Crippen molar-refractivity contribution in [1.82, 2.24) is 0 Å². The van der Waals surface area contributed by atoms with E-state index in [0.29, 0.717) is 11.8 Å².